The number of hydrogen-bond acceptors (Lipinski definition) is 3. The monoisotopic (exact) mass is 64.0 g/mol. The van der Waals surface area contributed by atoms with Crippen LogP contribution in [0.5, 0.6) is 0 Å². The van der Waals surface area contributed by atoms with E-state index >= 15 is 0 Å². The second kappa shape index (κ2) is 0.655. The van der Waals surface area contributed by atoms with Crippen LogP contribution in [0.1, 0.15) is 0 Å². The summed E-state index contributed by atoms with van der Waals surface area (Å²) in [5, 5.41) is 10.3. The molecule has 0 unspecified atom stereocenters. The second-order valence-electron chi connectivity index (χ2n) is 0.224. The Morgan fingerprint density at radius 2 is 2.75 bits per heavy atom. The maximum atomic E-state index is 8.76. The molecule has 4 nitrogen and oxygen atoms in total. The van der Waals surface area contributed by atoms with Gasteiger partial charge in [-0.15, -0.1) is 10.1 Å². The quantitative estimate of drug-likeness (QED) is 0.335. The predicted octanol–water partition coefficient (Wildman–Crippen LogP) is -0.348. The molecule has 0 radical (unpaired) electrons. The Morgan fingerprint density at radius 1 is 2.50 bits per heavy atom. The largest absolute Gasteiger partial charge is 0.328 e. The number of nitrogens with zero attached hydrogens (tertiary/aromatic N) is 1. The first kappa shape index (κ1) is 1.51. The lowest BCUT2D eigenvalue weighted by Crippen LogP contribution is -1.81. The van der Waals surface area contributed by atoms with E-state index in [0.717, 1.165) is 0 Å². The molecular formula is HNO3. The SMILES string of the molecule is [2H]O[N+](=O)[O-]. The van der Waals surface area contributed by atoms with Crippen molar-refractivity contribution < 1.29 is 11.7 Å². The van der Waals surface area contributed by atoms with Crippen LogP contribution < -0.4 is 0 Å². The minimum atomic E-state index is -1.21. The first-order chi connectivity index (χ1) is 2.27. The molecule has 0 aliphatic carbocycles. The molecule has 0 atom stereocenters. The topological polar surface area (TPSA) is 63.4 Å². The van der Waals surface area contributed by atoms with E-state index in [1.165, 1.54) is 0 Å². The van der Waals surface area contributed by atoms with E-state index in [4.69, 9.17) is 11.5 Å². The molecule has 0 aliphatic heterocycles. The molecule has 0 aliphatic rings. The molecule has 0 saturated heterocycles. The van der Waals surface area contributed by atoms with Gasteiger partial charge in [-0.1, -0.05) is 0 Å². The number of hydrogen-bond donors (Lipinski definition) is 1. The Bertz CT molecular complexity index is 42.2. The lowest BCUT2D eigenvalue weighted by Gasteiger charge is -1.56. The van der Waals surface area contributed by atoms with Crippen LogP contribution in [0, 0.1) is 10.1 Å². The van der Waals surface area contributed by atoms with Gasteiger partial charge in [-0.2, -0.15) is 0 Å². The van der Waals surface area contributed by atoms with Crippen molar-refractivity contribution in [1.29, 1.82) is 0 Å². The molecule has 0 aromatic heterocycles. The van der Waals surface area contributed by atoms with Crippen LogP contribution in [0.2, 0.25) is 1.43 Å². The average Bonchev–Trinajstić information content (AvgIpc) is 1.38. The molecular weight excluding hydrogens is 62.0 g/mol. The molecule has 0 aromatic rings. The highest BCUT2D eigenvalue weighted by atomic mass is 16.9. The van der Waals surface area contributed by atoms with Crippen molar-refractivity contribution in [1.82, 2.24) is 0 Å². The average molecular weight is 64.0 g/mol. The Balaban J connectivity index is 2.85. The summed E-state index contributed by atoms with van der Waals surface area (Å²) in [6.07, 6.45) is 0. The van der Waals surface area contributed by atoms with Gasteiger partial charge in [-0.25, -0.2) is 0 Å². The van der Waals surface area contributed by atoms with Crippen LogP contribution in [-0.2, 0) is 0 Å². The highest BCUT2D eigenvalue weighted by Gasteiger charge is 1.65. The fourth-order valence-electron chi connectivity index (χ4n) is 0. The minimum Gasteiger partial charge on any atom is -0.328 e. The van der Waals surface area contributed by atoms with Crippen LogP contribution >= 0.6 is 0 Å². The van der Waals surface area contributed by atoms with Gasteiger partial charge in [0, 0.05) is 0 Å². The predicted molar refractivity (Wildman–Crippen MR) is 8.78 cm³/mol. The molecule has 0 amide bonds. The highest BCUT2D eigenvalue weighted by molar-refractivity contribution is 3.83. The standard InChI is InChI=1S/HNO3/c2-1(3)4/h(H,2,3,4)/i/hD. The first-order valence-corrected chi connectivity index (χ1v) is 0.548. The van der Waals surface area contributed by atoms with Gasteiger partial charge < -0.3 is 5.21 Å². The zero-order chi connectivity index (χ0) is 4.28. The van der Waals surface area contributed by atoms with E-state index in [0.29, 0.717) is 0 Å². The third kappa shape index (κ3) is 0.0750. The van der Waals surface area contributed by atoms with Crippen LogP contribution in [0.4, 0.5) is 0 Å². The fourth-order valence-corrected chi connectivity index (χ4v) is 0. The third-order valence-corrected chi connectivity index (χ3v) is 0. The van der Waals surface area contributed by atoms with Gasteiger partial charge >= 0.3 is 0 Å². The van der Waals surface area contributed by atoms with Gasteiger partial charge in [0.1, 0.15) is 0 Å². The molecule has 4 heteroatoms. The fraction of sp³-hybridized carbons (Fsp3) is 0. The molecule has 0 saturated carbocycles. The van der Waals surface area contributed by atoms with Gasteiger partial charge in [-0.05, 0) is 0 Å². The van der Waals surface area contributed by atoms with E-state index in [-0.39, 0.29) is 0 Å². The Morgan fingerprint density at radius 3 is 2.75 bits per heavy atom. The smallest absolute Gasteiger partial charge is 0.291 e. The summed E-state index contributed by atoms with van der Waals surface area (Å²) >= 11 is 0. The summed E-state index contributed by atoms with van der Waals surface area (Å²) in [5.41, 5.74) is 0. The summed E-state index contributed by atoms with van der Waals surface area (Å²) in [6.45, 7) is 0. The Kier molecular flexibility index (Phi) is 0.248. The molecule has 1 N–H and O–H groups in total. The van der Waals surface area contributed by atoms with Crippen molar-refractivity contribution >= 4 is 0 Å². The minimum absolute atomic E-state index is 1.21. The maximum absolute atomic E-state index is 8.76. The van der Waals surface area contributed by atoms with Gasteiger partial charge in [-0.3, -0.25) is 0 Å². The molecule has 0 fully saturated rings. The zero-order valence-corrected chi connectivity index (χ0v) is 1.67. The maximum Gasteiger partial charge on any atom is 0.291 e. The molecule has 4 heavy (non-hydrogen) atoms. The lowest BCUT2D eigenvalue weighted by molar-refractivity contribution is -0.742. The van der Waals surface area contributed by atoms with E-state index < -0.39 is 5.09 Å². The molecule has 0 bridgehead atoms. The van der Waals surface area contributed by atoms with Crippen molar-refractivity contribution in [3.63, 3.8) is 0 Å². The van der Waals surface area contributed by atoms with E-state index in [1.54, 1.807) is 0 Å². The first-order valence-electron chi connectivity index (χ1n) is 0.956. The van der Waals surface area contributed by atoms with E-state index in [1.807, 2.05) is 0 Å². The molecule has 0 aromatic carbocycles. The highest BCUT2D eigenvalue weighted by Crippen LogP contribution is 1.38. The summed E-state index contributed by atoms with van der Waals surface area (Å²) in [5.74, 6) is 0. The van der Waals surface area contributed by atoms with Crippen molar-refractivity contribution in [3.8, 4) is 0 Å². The third-order valence-electron chi connectivity index (χ3n) is 0. The zero-order valence-electron chi connectivity index (χ0n) is 2.67. The molecule has 0 spiro atoms. The van der Waals surface area contributed by atoms with Crippen molar-refractivity contribution in [3.05, 3.63) is 10.1 Å². The van der Waals surface area contributed by atoms with Crippen LogP contribution in [0.25, 0.3) is 0 Å². The Hall–Kier alpha value is -0.800. The summed E-state index contributed by atoms with van der Waals surface area (Å²) in [7, 11) is 0. The number of rotatable bonds is 1. The van der Waals surface area contributed by atoms with Gasteiger partial charge in [0.2, 0.25) is 0 Å². The van der Waals surface area contributed by atoms with Gasteiger partial charge in [0.25, 0.3) is 6.52 Å². The van der Waals surface area contributed by atoms with Crippen LogP contribution in [0.15, 0.2) is 0 Å². The van der Waals surface area contributed by atoms with Gasteiger partial charge in [0.05, 0.1) is 0 Å². The van der Waals surface area contributed by atoms with Crippen LogP contribution in [-0.4, -0.2) is 10.3 Å². The Labute approximate surface area is 23.3 Å². The summed E-state index contributed by atoms with van der Waals surface area (Å²) in [4.78, 5) is 8.76. The van der Waals surface area contributed by atoms with Gasteiger partial charge in [0.15, 0.2) is 0 Å². The molecule has 0 rings (SSSR count). The summed E-state index contributed by atoms with van der Waals surface area (Å²) < 4.78 is 5.46. The van der Waals surface area contributed by atoms with Crippen molar-refractivity contribution in [2.45, 2.75) is 0 Å². The second-order valence-corrected chi connectivity index (χ2v) is 0.224. The molecule has 0 heterocycles. The van der Waals surface area contributed by atoms with Crippen LogP contribution in [0.3, 0.4) is 0 Å². The van der Waals surface area contributed by atoms with Crippen molar-refractivity contribution in [2.75, 3.05) is 0 Å². The van der Waals surface area contributed by atoms with E-state index in [2.05, 4.69) is 5.21 Å². The lowest BCUT2D eigenvalue weighted by atomic mass is 13.1. The molecule has 24 valence electrons. The summed E-state index contributed by atoms with van der Waals surface area (Å²) in [6, 6.07) is 0. The van der Waals surface area contributed by atoms with Crippen molar-refractivity contribution in [2.24, 2.45) is 0 Å². The van der Waals surface area contributed by atoms with E-state index in [9.17, 15) is 0 Å². The normalized spacial score (nSPS) is 8.50.